The fraction of sp³-hybridized carbons (Fsp3) is 0.556. The Morgan fingerprint density at radius 2 is 2.18 bits per heavy atom. The van der Waals surface area contributed by atoms with E-state index in [1.165, 1.54) is 6.92 Å². The number of nitrogens with one attached hydrogen (secondary N) is 1. The van der Waals surface area contributed by atoms with Crippen molar-refractivity contribution in [1.29, 1.82) is 0 Å². The average Bonchev–Trinajstić information content (AvgIpc) is 2.59. The van der Waals surface area contributed by atoms with Crippen LogP contribution in [0.1, 0.15) is 36.5 Å². The Hall–Kier alpha value is -1.08. The van der Waals surface area contributed by atoms with Crippen LogP contribution in [0, 0.1) is 6.92 Å². The van der Waals surface area contributed by atoms with Gasteiger partial charge in [0.2, 0.25) is 0 Å². The van der Waals surface area contributed by atoms with Crippen LogP contribution in [0.2, 0.25) is 0 Å². The number of aromatic nitrogens is 2. The molecule has 0 bridgehead atoms. The van der Waals surface area contributed by atoms with E-state index >= 15 is 0 Å². The smallest absolute Gasteiger partial charge is 0.360 e. The summed E-state index contributed by atoms with van der Waals surface area (Å²) in [5, 5.41) is 6.01. The minimum Gasteiger partial charge on any atom is -0.458 e. The molecule has 0 aliphatic rings. The maximum absolute atomic E-state index is 11.7. The molecule has 1 rings (SSSR count). The molecule has 1 unspecified atom stereocenters. The summed E-state index contributed by atoms with van der Waals surface area (Å²) in [6.07, 6.45) is 0.309. The molecule has 96 valence electrons. The number of carbonyl (C=O) groups excluding carboxylic acids is 1. The third-order valence-electron chi connectivity index (χ3n) is 2.21. The summed E-state index contributed by atoms with van der Waals surface area (Å²) in [5.74, 6) is -0.803. The number of aromatic amines is 1. The van der Waals surface area contributed by atoms with Crippen LogP contribution in [0.3, 0.4) is 0 Å². The van der Waals surface area contributed by atoms with E-state index in [0.717, 1.165) is 0 Å². The van der Waals surface area contributed by atoms with E-state index in [9.17, 15) is 13.2 Å². The van der Waals surface area contributed by atoms with Crippen LogP contribution in [0.4, 0.5) is 0 Å². The van der Waals surface area contributed by atoms with Crippen LogP contribution >= 0.6 is 10.7 Å². The third kappa shape index (κ3) is 3.19. The zero-order valence-electron chi connectivity index (χ0n) is 9.65. The molecule has 0 saturated carbocycles. The lowest BCUT2D eigenvalue weighted by Gasteiger charge is -2.09. The molecule has 0 aliphatic heterocycles. The first kappa shape index (κ1) is 14.0. The summed E-state index contributed by atoms with van der Waals surface area (Å²) in [4.78, 5) is 11.3. The number of ether oxygens (including phenoxy) is 1. The van der Waals surface area contributed by atoms with Gasteiger partial charge in [0.25, 0.3) is 9.05 Å². The molecule has 0 aliphatic carbocycles. The van der Waals surface area contributed by atoms with E-state index in [2.05, 4.69) is 10.2 Å². The first-order valence-corrected chi connectivity index (χ1v) is 7.28. The molecule has 0 saturated heterocycles. The van der Waals surface area contributed by atoms with Gasteiger partial charge in [0.05, 0.1) is 11.8 Å². The van der Waals surface area contributed by atoms with Crippen molar-refractivity contribution >= 4 is 25.7 Å². The minimum atomic E-state index is -4.03. The van der Waals surface area contributed by atoms with Gasteiger partial charge in [-0.3, -0.25) is 5.10 Å². The van der Waals surface area contributed by atoms with E-state index in [0.29, 0.717) is 6.42 Å². The van der Waals surface area contributed by atoms with Gasteiger partial charge in [0.1, 0.15) is 4.90 Å². The summed E-state index contributed by atoms with van der Waals surface area (Å²) >= 11 is 0. The number of carbonyl (C=O) groups is 1. The SMILES string of the molecule is CCC(C)OC(=O)c1n[nH]c(C)c1S(=O)(=O)Cl. The standard InChI is InChI=1S/C9H13ClN2O4S/c1-4-5(2)16-9(13)7-8(17(10,14)15)6(3)11-12-7/h5H,4H2,1-3H3,(H,11,12). The number of aryl methyl sites for hydroxylation is 1. The van der Waals surface area contributed by atoms with Crippen molar-refractivity contribution in [1.82, 2.24) is 10.2 Å². The number of hydrogen-bond donors (Lipinski definition) is 1. The van der Waals surface area contributed by atoms with Gasteiger partial charge in [0.15, 0.2) is 5.69 Å². The summed E-state index contributed by atoms with van der Waals surface area (Å²) in [5.41, 5.74) is -0.103. The van der Waals surface area contributed by atoms with Crippen molar-refractivity contribution in [3.05, 3.63) is 11.4 Å². The van der Waals surface area contributed by atoms with Gasteiger partial charge in [-0.2, -0.15) is 5.10 Å². The molecule has 1 heterocycles. The number of esters is 1. The molecule has 1 aromatic rings. The first-order chi connectivity index (χ1) is 7.77. The molecule has 1 N–H and O–H groups in total. The van der Waals surface area contributed by atoms with Crippen molar-refractivity contribution in [3.63, 3.8) is 0 Å². The van der Waals surface area contributed by atoms with E-state index in [4.69, 9.17) is 15.4 Å². The highest BCUT2D eigenvalue weighted by Crippen LogP contribution is 2.22. The molecule has 0 amide bonds. The largest absolute Gasteiger partial charge is 0.458 e. The highest BCUT2D eigenvalue weighted by atomic mass is 35.7. The molecule has 1 aromatic heterocycles. The van der Waals surface area contributed by atoms with Crippen LogP contribution < -0.4 is 0 Å². The lowest BCUT2D eigenvalue weighted by atomic mass is 10.3. The lowest BCUT2D eigenvalue weighted by molar-refractivity contribution is 0.0323. The number of hydrogen-bond acceptors (Lipinski definition) is 5. The fourth-order valence-electron chi connectivity index (χ4n) is 1.18. The quantitative estimate of drug-likeness (QED) is 0.668. The highest BCUT2D eigenvalue weighted by molar-refractivity contribution is 8.13. The van der Waals surface area contributed by atoms with Gasteiger partial charge in [-0.05, 0) is 20.3 Å². The van der Waals surface area contributed by atoms with Gasteiger partial charge in [-0.1, -0.05) is 6.92 Å². The Kier molecular flexibility index (Phi) is 4.16. The molecule has 17 heavy (non-hydrogen) atoms. The summed E-state index contributed by atoms with van der Waals surface area (Å²) < 4.78 is 27.6. The van der Waals surface area contributed by atoms with Crippen LogP contribution in [0.5, 0.6) is 0 Å². The second-order valence-electron chi connectivity index (χ2n) is 3.59. The molecule has 0 aromatic carbocycles. The number of halogens is 1. The monoisotopic (exact) mass is 280 g/mol. The van der Waals surface area contributed by atoms with E-state index in [-0.39, 0.29) is 22.4 Å². The Balaban J connectivity index is 3.12. The molecule has 6 nitrogen and oxygen atoms in total. The van der Waals surface area contributed by atoms with Gasteiger partial charge in [-0.15, -0.1) is 0 Å². The maximum atomic E-state index is 11.7. The van der Waals surface area contributed by atoms with Crippen LogP contribution in [-0.4, -0.2) is 30.7 Å². The van der Waals surface area contributed by atoms with E-state index < -0.39 is 15.0 Å². The maximum Gasteiger partial charge on any atom is 0.360 e. The predicted molar refractivity (Wildman–Crippen MR) is 61.5 cm³/mol. The zero-order chi connectivity index (χ0) is 13.2. The Labute approximate surface area is 104 Å². The lowest BCUT2D eigenvalue weighted by Crippen LogP contribution is -2.16. The van der Waals surface area contributed by atoms with Crippen molar-refractivity contribution < 1.29 is 17.9 Å². The Bertz CT molecular complexity index is 523. The second kappa shape index (κ2) is 5.05. The van der Waals surface area contributed by atoms with Crippen molar-refractivity contribution in [2.75, 3.05) is 0 Å². The number of nitrogens with zero attached hydrogens (tertiary/aromatic N) is 1. The number of H-pyrrole nitrogens is 1. The zero-order valence-corrected chi connectivity index (χ0v) is 11.2. The molecule has 0 spiro atoms. The summed E-state index contributed by atoms with van der Waals surface area (Å²) in [7, 11) is 1.20. The highest BCUT2D eigenvalue weighted by Gasteiger charge is 2.28. The average molecular weight is 281 g/mol. The number of rotatable bonds is 4. The molecule has 0 radical (unpaired) electrons. The van der Waals surface area contributed by atoms with Gasteiger partial charge < -0.3 is 4.74 Å². The van der Waals surface area contributed by atoms with Crippen molar-refractivity contribution in [2.24, 2.45) is 0 Å². The first-order valence-electron chi connectivity index (χ1n) is 4.98. The van der Waals surface area contributed by atoms with Gasteiger partial charge in [-0.25, -0.2) is 13.2 Å². The third-order valence-corrected chi connectivity index (χ3v) is 3.66. The molecule has 0 fully saturated rings. The second-order valence-corrected chi connectivity index (χ2v) is 6.09. The van der Waals surface area contributed by atoms with Gasteiger partial charge >= 0.3 is 5.97 Å². The molecular weight excluding hydrogens is 268 g/mol. The van der Waals surface area contributed by atoms with E-state index in [1.807, 2.05) is 6.92 Å². The van der Waals surface area contributed by atoms with Crippen LogP contribution in [0.15, 0.2) is 4.90 Å². The Morgan fingerprint density at radius 1 is 1.59 bits per heavy atom. The summed E-state index contributed by atoms with van der Waals surface area (Å²) in [6.45, 7) is 5.00. The predicted octanol–water partition coefficient (Wildman–Crippen LogP) is 1.60. The molecule has 8 heteroatoms. The van der Waals surface area contributed by atoms with Crippen LogP contribution in [-0.2, 0) is 13.8 Å². The normalized spacial score (nSPS) is 13.4. The van der Waals surface area contributed by atoms with Gasteiger partial charge in [0, 0.05) is 10.7 Å². The van der Waals surface area contributed by atoms with Crippen molar-refractivity contribution in [2.45, 2.75) is 38.2 Å². The minimum absolute atomic E-state index is 0.205. The summed E-state index contributed by atoms with van der Waals surface area (Å²) in [6, 6.07) is 0. The Morgan fingerprint density at radius 3 is 2.65 bits per heavy atom. The van der Waals surface area contributed by atoms with E-state index in [1.54, 1.807) is 6.92 Å². The van der Waals surface area contributed by atoms with Crippen LogP contribution in [0.25, 0.3) is 0 Å². The molecular formula is C9H13ClN2O4S. The topological polar surface area (TPSA) is 89.1 Å². The van der Waals surface area contributed by atoms with Crippen molar-refractivity contribution in [3.8, 4) is 0 Å². The molecule has 1 atom stereocenters. The fourth-order valence-corrected chi connectivity index (χ4v) is 2.52.